The van der Waals surface area contributed by atoms with Crippen LogP contribution in [-0.2, 0) is 11.3 Å². The van der Waals surface area contributed by atoms with E-state index in [0.717, 1.165) is 18.7 Å². The Morgan fingerprint density at radius 3 is 2.24 bits per heavy atom. The van der Waals surface area contributed by atoms with Gasteiger partial charge in [-0.2, -0.15) is 13.2 Å². The third kappa shape index (κ3) is 27.9. The molecule has 1 fully saturated rings. The number of hydrogen-bond donors (Lipinski definition) is 2. The highest BCUT2D eigenvalue weighted by molar-refractivity contribution is 5.98. The van der Waals surface area contributed by atoms with Gasteiger partial charge in [0.05, 0.1) is 17.8 Å². The van der Waals surface area contributed by atoms with E-state index in [9.17, 15) is 18.0 Å². The van der Waals surface area contributed by atoms with Crippen molar-refractivity contribution in [2.45, 2.75) is 79.9 Å². The minimum atomic E-state index is -4.00. The molecule has 0 aliphatic carbocycles. The quantitative estimate of drug-likeness (QED) is 0.181. The van der Waals surface area contributed by atoms with E-state index in [-0.39, 0.29) is 12.8 Å². The Balaban J connectivity index is -0.000000534. The number of ether oxygens (including phenoxy) is 1. The standard InChI is InChI=1S/C12H13N5O.C8H13NO.C5H10.C2H3F3.2C2H6/c1-13-12(18)10-3-2-5-15-11(10)16-7-9-4-6-14-8-17-9;1-2-10-8-7-9-5-3-4-6-9;1-3-5-4-2;1-2(3,4)5;2*1-2/h2-6,8H,7H2,1H3,(H,13,18)(H,15,16);1H,3-8H2;3H,1,4-5H2,2H3;1H3;2*1-2H3. The predicted molar refractivity (Wildman–Crippen MR) is 167 cm³/mol. The molecule has 3 rings (SSSR count). The molecule has 1 amide bonds. The van der Waals surface area contributed by atoms with Crippen molar-refractivity contribution in [2.24, 2.45) is 0 Å². The summed E-state index contributed by atoms with van der Waals surface area (Å²) in [5, 5.41) is 5.66. The number of amides is 1. The van der Waals surface area contributed by atoms with Gasteiger partial charge in [-0.15, -0.1) is 6.58 Å². The van der Waals surface area contributed by atoms with Gasteiger partial charge in [0.2, 0.25) is 0 Å². The second-order valence-electron chi connectivity index (χ2n) is 7.91. The van der Waals surface area contributed by atoms with E-state index in [1.165, 1.54) is 38.7 Å². The number of terminal acetylenes is 1. The zero-order valence-electron chi connectivity index (χ0n) is 26.4. The maximum Gasteiger partial charge on any atom is 0.386 e. The largest absolute Gasteiger partial charge is 0.445 e. The molecule has 0 bridgehead atoms. The summed E-state index contributed by atoms with van der Waals surface area (Å²) < 4.78 is 35.8. The van der Waals surface area contributed by atoms with E-state index >= 15 is 0 Å². The van der Waals surface area contributed by atoms with Gasteiger partial charge in [-0.1, -0.05) is 53.5 Å². The topological polar surface area (TPSA) is 92.3 Å². The number of alkyl halides is 3. The molecule has 2 N–H and O–H groups in total. The summed E-state index contributed by atoms with van der Waals surface area (Å²) in [6.45, 7) is 18.5. The van der Waals surface area contributed by atoms with Crippen molar-refractivity contribution in [1.82, 2.24) is 25.2 Å². The molecule has 2 aromatic rings. The molecule has 11 heteroatoms. The molecule has 2 aromatic heterocycles. The van der Waals surface area contributed by atoms with Crippen LogP contribution in [0.25, 0.3) is 0 Å². The summed E-state index contributed by atoms with van der Waals surface area (Å²) in [5.41, 5.74) is 1.34. The Kier molecular flexibility index (Phi) is 30.9. The van der Waals surface area contributed by atoms with Crippen molar-refractivity contribution in [3.05, 3.63) is 60.8 Å². The monoisotopic (exact) mass is 596 g/mol. The van der Waals surface area contributed by atoms with Crippen molar-refractivity contribution in [3.63, 3.8) is 0 Å². The van der Waals surface area contributed by atoms with Crippen molar-refractivity contribution in [2.75, 3.05) is 38.6 Å². The fraction of sp³-hybridized carbons (Fsp3) is 0.548. The zero-order chi connectivity index (χ0) is 32.7. The average Bonchev–Trinajstić information content (AvgIpc) is 3.53. The molecule has 0 atom stereocenters. The van der Waals surface area contributed by atoms with Crippen LogP contribution >= 0.6 is 0 Å². The van der Waals surface area contributed by atoms with Crippen LogP contribution < -0.4 is 10.6 Å². The van der Waals surface area contributed by atoms with Crippen LogP contribution in [0.2, 0.25) is 0 Å². The van der Waals surface area contributed by atoms with E-state index in [1.807, 2.05) is 33.8 Å². The normalized spacial score (nSPS) is 11.3. The van der Waals surface area contributed by atoms with E-state index in [0.29, 0.717) is 24.5 Å². The number of carbonyl (C=O) groups is 1. The lowest BCUT2D eigenvalue weighted by Crippen LogP contribution is -2.23. The van der Waals surface area contributed by atoms with Gasteiger partial charge >= 0.3 is 6.18 Å². The maximum atomic E-state index is 11.6. The van der Waals surface area contributed by atoms with Gasteiger partial charge in [-0.05, 0) is 50.6 Å². The maximum absolute atomic E-state index is 11.6. The van der Waals surface area contributed by atoms with Crippen LogP contribution in [0.15, 0.2) is 49.6 Å². The number of likely N-dealkylation sites (tertiary alicyclic amines) is 1. The lowest BCUT2D eigenvalue weighted by Gasteiger charge is -2.12. The fourth-order valence-electron chi connectivity index (χ4n) is 2.91. The number of nitrogens with zero attached hydrogens (tertiary/aromatic N) is 4. The molecule has 0 unspecified atom stereocenters. The van der Waals surface area contributed by atoms with Crippen LogP contribution in [0.5, 0.6) is 0 Å². The number of anilines is 1. The Bertz CT molecular complexity index is 926. The smallest absolute Gasteiger partial charge is 0.386 e. The number of rotatable bonds is 9. The Hall–Kier alpha value is -3.65. The number of unbranched alkanes of at least 4 members (excludes halogenated alkanes) is 1. The van der Waals surface area contributed by atoms with Gasteiger partial charge in [0.1, 0.15) is 24.9 Å². The fourth-order valence-corrected chi connectivity index (χ4v) is 2.91. The molecule has 0 radical (unpaired) electrons. The third-order valence-corrected chi connectivity index (χ3v) is 4.64. The predicted octanol–water partition coefficient (Wildman–Crippen LogP) is 7.13. The van der Waals surface area contributed by atoms with Crippen molar-refractivity contribution in [3.8, 4) is 12.5 Å². The van der Waals surface area contributed by atoms with Crippen LogP contribution in [0.3, 0.4) is 0 Å². The molecular formula is C31H51F3N6O2. The first-order chi connectivity index (χ1) is 20.2. The van der Waals surface area contributed by atoms with E-state index in [1.54, 1.807) is 37.6 Å². The summed E-state index contributed by atoms with van der Waals surface area (Å²) in [4.78, 5) is 26.1. The summed E-state index contributed by atoms with van der Waals surface area (Å²) in [6, 6.07) is 5.24. The van der Waals surface area contributed by atoms with Gasteiger partial charge in [0.15, 0.2) is 0 Å². The number of hydrogen-bond acceptors (Lipinski definition) is 7. The molecule has 8 nitrogen and oxygen atoms in total. The summed E-state index contributed by atoms with van der Waals surface area (Å²) >= 11 is 0. The first kappa shape index (κ1) is 42.8. The Labute approximate surface area is 251 Å². The molecule has 0 saturated carbocycles. The van der Waals surface area contributed by atoms with Crippen LogP contribution in [-0.4, -0.2) is 65.2 Å². The van der Waals surface area contributed by atoms with Crippen molar-refractivity contribution >= 4 is 11.7 Å². The van der Waals surface area contributed by atoms with Gasteiger partial charge in [0, 0.05) is 32.9 Å². The highest BCUT2D eigenvalue weighted by Crippen LogP contribution is 2.12. The molecular weight excluding hydrogens is 545 g/mol. The molecule has 0 aromatic carbocycles. The number of allylic oxidation sites excluding steroid dienone is 1. The molecule has 1 aliphatic heterocycles. The molecule has 1 aliphatic rings. The zero-order valence-corrected chi connectivity index (χ0v) is 26.4. The number of nitrogens with one attached hydrogen (secondary N) is 2. The van der Waals surface area contributed by atoms with Crippen LogP contribution in [0.4, 0.5) is 19.0 Å². The summed E-state index contributed by atoms with van der Waals surface area (Å²) in [7, 11) is 1.59. The Morgan fingerprint density at radius 1 is 1.17 bits per heavy atom. The molecule has 42 heavy (non-hydrogen) atoms. The van der Waals surface area contributed by atoms with Crippen LogP contribution in [0.1, 0.15) is 83.3 Å². The highest BCUT2D eigenvalue weighted by Gasteiger charge is 2.15. The van der Waals surface area contributed by atoms with Crippen LogP contribution in [0, 0.1) is 12.5 Å². The van der Waals surface area contributed by atoms with Gasteiger partial charge < -0.3 is 15.4 Å². The minimum absolute atomic E-state index is 0.173. The second-order valence-corrected chi connectivity index (χ2v) is 7.91. The molecule has 1 saturated heterocycles. The first-order valence-electron chi connectivity index (χ1n) is 14.3. The third-order valence-electron chi connectivity index (χ3n) is 4.64. The SMILES string of the molecule is C#COCCN1CCCC1.C=CCCC.CC.CC.CC(F)(F)F.CNC(=O)c1cccnc1NCc1ccncn1. The highest BCUT2D eigenvalue weighted by atomic mass is 19.4. The van der Waals surface area contributed by atoms with E-state index in [4.69, 9.17) is 11.2 Å². The number of carbonyl (C=O) groups excluding carboxylic acids is 1. The van der Waals surface area contributed by atoms with Gasteiger partial charge in [-0.25, -0.2) is 15.0 Å². The number of aromatic nitrogens is 3. The van der Waals surface area contributed by atoms with E-state index in [2.05, 4.69) is 50.1 Å². The minimum Gasteiger partial charge on any atom is -0.445 e. The number of pyridine rings is 1. The Morgan fingerprint density at radius 2 is 1.79 bits per heavy atom. The number of halogens is 3. The molecule has 238 valence electrons. The molecule has 0 spiro atoms. The average molecular weight is 597 g/mol. The second kappa shape index (κ2) is 30.3. The first-order valence-corrected chi connectivity index (χ1v) is 14.3. The van der Waals surface area contributed by atoms with Crippen molar-refractivity contribution in [1.29, 1.82) is 0 Å². The summed E-state index contributed by atoms with van der Waals surface area (Å²) in [5.74, 6) is 0.365. The van der Waals surface area contributed by atoms with Gasteiger partial charge in [0.25, 0.3) is 5.91 Å². The summed E-state index contributed by atoms with van der Waals surface area (Å²) in [6.07, 6.45) is 14.8. The van der Waals surface area contributed by atoms with Crippen molar-refractivity contribution < 1.29 is 22.7 Å². The lowest BCUT2D eigenvalue weighted by molar-refractivity contribution is -0.110. The lowest BCUT2D eigenvalue weighted by atomic mass is 10.2. The van der Waals surface area contributed by atoms with E-state index < -0.39 is 6.18 Å². The molecule has 3 heterocycles. The van der Waals surface area contributed by atoms with Gasteiger partial charge in [-0.3, -0.25) is 9.69 Å².